The number of fused-ring (bicyclic) bond motifs is 2. The summed E-state index contributed by atoms with van der Waals surface area (Å²) in [7, 11) is 1.65. The zero-order valence-electron chi connectivity index (χ0n) is 14.3. The Kier molecular flexibility index (Phi) is 4.47. The van der Waals surface area contributed by atoms with Crippen LogP contribution in [0.15, 0.2) is 36.7 Å². The van der Waals surface area contributed by atoms with Gasteiger partial charge >= 0.3 is 0 Å². The average Bonchev–Trinajstić information content (AvgIpc) is 3.23. The van der Waals surface area contributed by atoms with Crippen molar-refractivity contribution in [2.24, 2.45) is 0 Å². The van der Waals surface area contributed by atoms with Gasteiger partial charge in [-0.3, -0.25) is 4.68 Å². The molecule has 25 heavy (non-hydrogen) atoms. The smallest absolute Gasteiger partial charge is 0.183 e. The van der Waals surface area contributed by atoms with Gasteiger partial charge in [0.05, 0.1) is 32.1 Å². The minimum Gasteiger partial charge on any atom is -0.497 e. The average molecular weight is 345 g/mol. The number of aryl methyl sites for hydroxylation is 1. The number of nitrogens with one attached hydrogen (secondary N) is 1. The fourth-order valence-electron chi connectivity index (χ4n) is 3.51. The predicted octanol–water partition coefficient (Wildman–Crippen LogP) is 1.02. The second-order valence-electron chi connectivity index (χ2n) is 6.61. The monoisotopic (exact) mass is 345 g/mol. The van der Waals surface area contributed by atoms with E-state index in [1.807, 2.05) is 37.4 Å². The van der Waals surface area contributed by atoms with Crippen LogP contribution in [0.2, 0.25) is 0 Å². The molecule has 2 aromatic rings. The third-order valence-electron chi connectivity index (χ3n) is 4.87. The molecule has 1 aromatic carbocycles. The highest BCUT2D eigenvalue weighted by Crippen LogP contribution is 2.35. The van der Waals surface area contributed by atoms with Crippen LogP contribution in [0, 0.1) is 6.92 Å². The fourth-order valence-corrected chi connectivity index (χ4v) is 3.51. The van der Waals surface area contributed by atoms with Crippen molar-refractivity contribution in [1.29, 1.82) is 0 Å². The van der Waals surface area contributed by atoms with Crippen molar-refractivity contribution >= 4 is 0 Å². The molecule has 0 amide bonds. The number of aromatic nitrogens is 2. The number of aliphatic hydroxyl groups is 1. The normalized spacial score (nSPS) is 31.2. The third-order valence-corrected chi connectivity index (χ3v) is 4.87. The van der Waals surface area contributed by atoms with Crippen LogP contribution in [0.4, 0.5) is 0 Å². The summed E-state index contributed by atoms with van der Waals surface area (Å²) in [5.41, 5.74) is 2.15. The Morgan fingerprint density at radius 3 is 2.84 bits per heavy atom. The van der Waals surface area contributed by atoms with Gasteiger partial charge in [-0.2, -0.15) is 5.10 Å². The van der Waals surface area contributed by atoms with Crippen molar-refractivity contribution in [3.63, 3.8) is 0 Å². The maximum Gasteiger partial charge on any atom is 0.183 e. The van der Waals surface area contributed by atoms with Gasteiger partial charge in [0.2, 0.25) is 0 Å². The molecule has 4 rings (SSSR count). The van der Waals surface area contributed by atoms with E-state index in [0.29, 0.717) is 13.2 Å². The maximum absolute atomic E-state index is 10.9. The molecular formula is C18H23N3O4. The SMILES string of the molecule is COc1ccc(CNC2C3COC(O3)C(n3cc(C)cn3)C2O)cc1. The summed E-state index contributed by atoms with van der Waals surface area (Å²) < 4.78 is 18.6. The molecule has 7 heteroatoms. The quantitative estimate of drug-likeness (QED) is 0.842. The highest BCUT2D eigenvalue weighted by Gasteiger charge is 2.51. The summed E-state index contributed by atoms with van der Waals surface area (Å²) in [6, 6.07) is 7.27. The molecule has 134 valence electrons. The molecule has 2 bridgehead atoms. The molecule has 2 aliphatic rings. The zero-order valence-corrected chi connectivity index (χ0v) is 14.3. The second-order valence-corrected chi connectivity index (χ2v) is 6.61. The number of methoxy groups -OCH3 is 1. The van der Waals surface area contributed by atoms with Crippen molar-refractivity contribution in [3.8, 4) is 5.75 Å². The molecule has 0 radical (unpaired) electrons. The molecule has 2 fully saturated rings. The minimum atomic E-state index is -0.649. The van der Waals surface area contributed by atoms with Gasteiger partial charge in [-0.1, -0.05) is 12.1 Å². The minimum absolute atomic E-state index is 0.161. The second kappa shape index (κ2) is 6.76. The summed E-state index contributed by atoms with van der Waals surface area (Å²) in [5.74, 6) is 0.825. The lowest BCUT2D eigenvalue weighted by Gasteiger charge is -2.38. The van der Waals surface area contributed by atoms with Gasteiger partial charge in [-0.05, 0) is 30.2 Å². The van der Waals surface area contributed by atoms with Gasteiger partial charge in [0.25, 0.3) is 0 Å². The van der Waals surface area contributed by atoms with Crippen LogP contribution in [0.1, 0.15) is 17.2 Å². The Labute approximate surface area is 146 Å². The predicted molar refractivity (Wildman–Crippen MR) is 90.2 cm³/mol. The summed E-state index contributed by atoms with van der Waals surface area (Å²) in [4.78, 5) is 0. The Hall–Kier alpha value is -1.93. The van der Waals surface area contributed by atoms with E-state index < -0.39 is 12.4 Å². The molecule has 0 saturated carbocycles. The highest BCUT2D eigenvalue weighted by atomic mass is 16.7. The van der Waals surface area contributed by atoms with E-state index in [4.69, 9.17) is 14.2 Å². The van der Waals surface area contributed by atoms with Gasteiger partial charge in [-0.25, -0.2) is 0 Å². The number of benzene rings is 1. The molecule has 1 aromatic heterocycles. The highest BCUT2D eigenvalue weighted by molar-refractivity contribution is 5.27. The van der Waals surface area contributed by atoms with Gasteiger partial charge in [0.15, 0.2) is 6.29 Å². The van der Waals surface area contributed by atoms with E-state index in [0.717, 1.165) is 16.9 Å². The van der Waals surface area contributed by atoms with E-state index in [1.54, 1.807) is 18.0 Å². The van der Waals surface area contributed by atoms with E-state index in [2.05, 4.69) is 10.4 Å². The summed E-state index contributed by atoms with van der Waals surface area (Å²) >= 11 is 0. The molecule has 7 nitrogen and oxygen atoms in total. The van der Waals surface area contributed by atoms with E-state index >= 15 is 0 Å². The molecule has 5 unspecified atom stereocenters. The number of hydrogen-bond donors (Lipinski definition) is 2. The van der Waals surface area contributed by atoms with Crippen LogP contribution < -0.4 is 10.1 Å². The summed E-state index contributed by atoms with van der Waals surface area (Å²) in [6.07, 6.45) is 2.40. The van der Waals surface area contributed by atoms with Crippen LogP contribution in [-0.4, -0.2) is 53.1 Å². The molecule has 2 saturated heterocycles. The lowest BCUT2D eigenvalue weighted by molar-refractivity contribution is -0.168. The number of hydrogen-bond acceptors (Lipinski definition) is 6. The first kappa shape index (κ1) is 16.5. The van der Waals surface area contributed by atoms with Crippen LogP contribution in [0.5, 0.6) is 5.75 Å². The zero-order chi connectivity index (χ0) is 17.4. The number of nitrogens with zero attached hydrogens (tertiary/aromatic N) is 2. The first-order valence-corrected chi connectivity index (χ1v) is 8.48. The number of ether oxygens (including phenoxy) is 3. The molecule has 2 N–H and O–H groups in total. The van der Waals surface area contributed by atoms with Gasteiger partial charge in [0.1, 0.15) is 17.9 Å². The first-order valence-electron chi connectivity index (χ1n) is 8.48. The van der Waals surface area contributed by atoms with Crippen LogP contribution in [0.25, 0.3) is 0 Å². The topological polar surface area (TPSA) is 77.8 Å². The van der Waals surface area contributed by atoms with Crippen molar-refractivity contribution in [1.82, 2.24) is 15.1 Å². The third kappa shape index (κ3) is 3.16. The van der Waals surface area contributed by atoms with Gasteiger partial charge in [0, 0.05) is 12.7 Å². The van der Waals surface area contributed by atoms with E-state index in [1.165, 1.54) is 0 Å². The van der Waals surface area contributed by atoms with Crippen molar-refractivity contribution in [2.75, 3.05) is 13.7 Å². The van der Waals surface area contributed by atoms with Crippen LogP contribution in [0.3, 0.4) is 0 Å². The molecule has 3 heterocycles. The maximum atomic E-state index is 10.9. The van der Waals surface area contributed by atoms with E-state index in [9.17, 15) is 5.11 Å². The first-order chi connectivity index (χ1) is 12.2. The fraction of sp³-hybridized carbons (Fsp3) is 0.500. The number of aliphatic hydroxyl groups excluding tert-OH is 1. The van der Waals surface area contributed by atoms with Crippen LogP contribution in [-0.2, 0) is 16.0 Å². The standard InChI is InChI=1S/C18H23N3O4/c1-11-7-20-21(9-11)16-17(22)15(14-10-24-18(16)25-14)19-8-12-3-5-13(23-2)6-4-12/h3-7,9,14-19,22H,8,10H2,1-2H3. The summed E-state index contributed by atoms with van der Waals surface area (Å²) in [5, 5.41) is 18.7. The molecule has 5 atom stereocenters. The lowest BCUT2D eigenvalue weighted by Crippen LogP contribution is -2.57. The molecule has 2 aliphatic heterocycles. The Morgan fingerprint density at radius 1 is 1.36 bits per heavy atom. The molecule has 0 spiro atoms. The largest absolute Gasteiger partial charge is 0.497 e. The van der Waals surface area contributed by atoms with Gasteiger partial charge in [-0.15, -0.1) is 0 Å². The van der Waals surface area contributed by atoms with Crippen molar-refractivity contribution in [2.45, 2.75) is 44.1 Å². The lowest BCUT2D eigenvalue weighted by atomic mass is 9.96. The van der Waals surface area contributed by atoms with E-state index in [-0.39, 0.29) is 18.2 Å². The summed E-state index contributed by atoms with van der Waals surface area (Å²) in [6.45, 7) is 3.07. The van der Waals surface area contributed by atoms with Crippen LogP contribution >= 0.6 is 0 Å². The van der Waals surface area contributed by atoms with Crippen molar-refractivity contribution < 1.29 is 19.3 Å². The number of rotatable bonds is 5. The Balaban J connectivity index is 1.48. The molecular weight excluding hydrogens is 322 g/mol. The van der Waals surface area contributed by atoms with Crippen molar-refractivity contribution in [3.05, 3.63) is 47.8 Å². The molecule has 0 aliphatic carbocycles. The Bertz CT molecular complexity index is 717. The van der Waals surface area contributed by atoms with Gasteiger partial charge < -0.3 is 24.6 Å². The Morgan fingerprint density at radius 2 is 2.16 bits per heavy atom.